The van der Waals surface area contributed by atoms with Gasteiger partial charge in [0.2, 0.25) is 26.4 Å². The summed E-state index contributed by atoms with van der Waals surface area (Å²) in [5, 5.41) is 6.74. The van der Waals surface area contributed by atoms with Crippen molar-refractivity contribution >= 4 is 214 Å². The molecule has 2 N–H and O–H groups in total. The van der Waals surface area contributed by atoms with Gasteiger partial charge in [-0.25, -0.2) is 65.0 Å². The quantitative estimate of drug-likeness (QED) is 0.0485. The maximum Gasteiger partial charge on any atom is 0.226 e. The standard InChI is InChI=1S/C15H14BrClF2N4.C15H15ClF2N4.C14H10BrCl2F2N3.C11H5BrCl2F2N2.C4BrCl3N2/c1-8(2)7-23(9-4-5-10(18)11(19)6-9)14-12(16)13(20-3)21-15(17)22-14;1-15(2)7-22(8-4-5-9(17)10(18)6-8)13-11(15)12(19-3)20-14(16)21-13;1-7(2)6-22(8-3-4-9(18)10(19)5-8)13-11(15)12(16)20-14(17)21-13;12-9-8(17-11(14)18-10(9)13)4-5-1-2-6(15)7(16)3-5;5-1-2(6)9-4(8)10-3(1)7/h4-6H,1,7H2,2-3H3,(H,20,21,22);4-6H,7H2,1-3H3,(H,19,20,21);3-5H,1,6H2,2H3;1-3H,4H2;. The van der Waals surface area contributed by atoms with Gasteiger partial charge in [0.05, 0.1) is 19.1 Å². The summed E-state index contributed by atoms with van der Waals surface area (Å²) in [6.07, 6.45) is 0.264. The van der Waals surface area contributed by atoms with Crippen molar-refractivity contribution in [2.75, 3.05) is 59.1 Å². The molecule has 4 aromatic carbocycles. The number of halogens is 21. The number of benzene rings is 4. The summed E-state index contributed by atoms with van der Waals surface area (Å²) in [5.41, 5.74) is 4.63. The molecule has 0 amide bonds. The lowest BCUT2D eigenvalue weighted by atomic mass is 9.88. The molecule has 502 valence electrons. The highest BCUT2D eigenvalue weighted by molar-refractivity contribution is 9.11. The SMILES string of the molecule is C=C(C)CN(c1ccc(F)c(F)c1)c1nc(Cl)nc(Cl)c1Br.C=C(C)CN(c1ccc(F)c(F)c1)c1nc(Cl)nc(NC)c1Br.CNc1nc(Cl)nc2c1C(C)(C)CN2c1ccc(F)c(F)c1.Clc1nc(Cl)c(Br)c(Cl)n1.Fc1ccc(Cc2nc(Cl)nc(Cl)c2Br)cc1F. The van der Waals surface area contributed by atoms with Crippen LogP contribution in [0.15, 0.2) is 115 Å². The highest BCUT2D eigenvalue weighted by Crippen LogP contribution is 2.47. The molecular formula is C59H44Br4Cl9F8N15. The monoisotopic (exact) mass is 1740 g/mol. The topological polar surface area (TPSA) is 163 Å². The Hall–Kier alpha value is -5.27. The van der Waals surface area contributed by atoms with Crippen LogP contribution >= 0.6 is 168 Å². The molecule has 1 aliphatic rings. The molecule has 0 unspecified atom stereocenters. The van der Waals surface area contributed by atoms with Crippen LogP contribution in [0.5, 0.6) is 0 Å². The van der Waals surface area contributed by atoms with E-state index in [2.05, 4.69) is 137 Å². The van der Waals surface area contributed by atoms with Gasteiger partial charge in [-0.05, 0) is 190 Å². The van der Waals surface area contributed by atoms with E-state index in [1.807, 2.05) is 25.7 Å². The van der Waals surface area contributed by atoms with Crippen LogP contribution in [0.2, 0.25) is 47.0 Å². The van der Waals surface area contributed by atoms with Gasteiger partial charge in [0.15, 0.2) is 58.2 Å². The second kappa shape index (κ2) is 35.0. The molecular weight excluding hydrogens is 1710 g/mol. The van der Waals surface area contributed by atoms with E-state index in [9.17, 15) is 35.1 Å². The zero-order valence-corrected chi connectivity index (χ0v) is 62.6. The summed E-state index contributed by atoms with van der Waals surface area (Å²) in [6, 6.07) is 14.6. The van der Waals surface area contributed by atoms with Crippen molar-refractivity contribution in [3.8, 4) is 0 Å². The first kappa shape index (κ1) is 78.7. The molecule has 0 saturated heterocycles. The molecule has 95 heavy (non-hydrogen) atoms. The van der Waals surface area contributed by atoms with E-state index >= 15 is 0 Å². The van der Waals surface area contributed by atoms with Gasteiger partial charge in [-0.3, -0.25) is 0 Å². The van der Waals surface area contributed by atoms with Crippen molar-refractivity contribution in [3.63, 3.8) is 0 Å². The van der Waals surface area contributed by atoms with Gasteiger partial charge in [-0.2, -0.15) is 19.9 Å². The number of hydrogen-bond donors (Lipinski definition) is 2. The number of fused-ring (bicyclic) bond motifs is 1. The third kappa shape index (κ3) is 21.1. The Balaban J connectivity index is 0.000000192. The van der Waals surface area contributed by atoms with Crippen molar-refractivity contribution < 1.29 is 35.1 Å². The fraction of sp³-hybridized carbons (Fsp3) is 0.186. The van der Waals surface area contributed by atoms with E-state index < -0.39 is 46.5 Å². The number of nitrogens with one attached hydrogen (secondary N) is 2. The Morgan fingerprint density at radius 2 is 0.863 bits per heavy atom. The smallest absolute Gasteiger partial charge is 0.226 e. The lowest BCUT2D eigenvalue weighted by molar-refractivity contribution is 0.507. The van der Waals surface area contributed by atoms with Gasteiger partial charge in [0.25, 0.3) is 0 Å². The summed E-state index contributed by atoms with van der Waals surface area (Å²) >= 11 is 64.8. The zero-order valence-electron chi connectivity index (χ0n) is 49.4. The van der Waals surface area contributed by atoms with Crippen molar-refractivity contribution in [3.05, 3.63) is 225 Å². The zero-order chi connectivity index (χ0) is 70.7. The Morgan fingerprint density at radius 3 is 1.33 bits per heavy atom. The first-order chi connectivity index (χ1) is 44.5. The number of nitrogens with zero attached hydrogens (tertiary/aromatic N) is 13. The minimum atomic E-state index is -0.966. The predicted octanol–water partition coefficient (Wildman–Crippen LogP) is 22.0. The highest BCUT2D eigenvalue weighted by atomic mass is 79.9. The fourth-order valence-corrected chi connectivity index (χ4v) is 11.6. The molecule has 15 nitrogen and oxygen atoms in total. The van der Waals surface area contributed by atoms with E-state index in [-0.39, 0.29) is 58.9 Å². The molecule has 0 bridgehead atoms. The molecule has 0 fully saturated rings. The summed E-state index contributed by atoms with van der Waals surface area (Å²) in [6.45, 7) is 16.6. The normalized spacial score (nSPS) is 11.8. The Morgan fingerprint density at radius 1 is 0.474 bits per heavy atom. The molecule has 1 aliphatic heterocycles. The lowest BCUT2D eigenvalue weighted by Crippen LogP contribution is -2.25. The second-order valence-corrected chi connectivity index (χ2v) is 26.4. The van der Waals surface area contributed by atoms with E-state index in [4.69, 9.17) is 104 Å². The maximum atomic E-state index is 13.6. The van der Waals surface area contributed by atoms with E-state index in [1.54, 1.807) is 30.8 Å². The van der Waals surface area contributed by atoms with Gasteiger partial charge < -0.3 is 25.3 Å². The van der Waals surface area contributed by atoms with Crippen molar-refractivity contribution in [2.24, 2.45) is 0 Å². The van der Waals surface area contributed by atoms with Crippen LogP contribution in [0.4, 0.5) is 81.3 Å². The molecule has 36 heteroatoms. The van der Waals surface area contributed by atoms with Crippen LogP contribution in [-0.4, -0.2) is 83.6 Å². The van der Waals surface area contributed by atoms with E-state index in [0.29, 0.717) is 94.9 Å². The van der Waals surface area contributed by atoms with Gasteiger partial charge >= 0.3 is 0 Å². The fourth-order valence-electron chi connectivity index (χ4n) is 8.34. The first-order valence-corrected chi connectivity index (χ1v) is 33.0. The van der Waals surface area contributed by atoms with E-state index in [0.717, 1.165) is 65.2 Å². The van der Waals surface area contributed by atoms with Crippen LogP contribution in [-0.2, 0) is 11.8 Å². The molecule has 0 radical (unpaired) electrons. The predicted molar refractivity (Wildman–Crippen MR) is 377 cm³/mol. The number of anilines is 8. The summed E-state index contributed by atoms with van der Waals surface area (Å²) in [4.78, 5) is 44.7. The van der Waals surface area contributed by atoms with Gasteiger partial charge in [0, 0.05) is 86.4 Å². The number of aromatic nitrogens is 10. The molecule has 0 atom stereocenters. The van der Waals surface area contributed by atoms with Crippen LogP contribution in [0, 0.1) is 46.5 Å². The van der Waals surface area contributed by atoms with Crippen molar-refractivity contribution in [2.45, 2.75) is 39.5 Å². The molecule has 5 aromatic heterocycles. The lowest BCUT2D eigenvalue weighted by Gasteiger charge is -2.26. The van der Waals surface area contributed by atoms with Crippen molar-refractivity contribution in [1.29, 1.82) is 0 Å². The average Bonchev–Trinajstić information content (AvgIpc) is 1.61. The molecule has 6 heterocycles. The number of hydrogen-bond acceptors (Lipinski definition) is 15. The van der Waals surface area contributed by atoms with Crippen molar-refractivity contribution in [1.82, 2.24) is 49.8 Å². The second-order valence-electron chi connectivity index (χ2n) is 20.1. The van der Waals surface area contributed by atoms with Gasteiger partial charge in [-0.1, -0.05) is 90.6 Å². The third-order valence-corrected chi connectivity index (χ3v) is 18.3. The Labute approximate surface area is 617 Å². The molecule has 0 spiro atoms. The van der Waals surface area contributed by atoms with Crippen LogP contribution in [0.3, 0.4) is 0 Å². The number of rotatable bonds is 13. The maximum absolute atomic E-state index is 13.6. The highest BCUT2D eigenvalue weighted by Gasteiger charge is 2.40. The largest absolute Gasteiger partial charge is 0.373 e. The minimum Gasteiger partial charge on any atom is -0.373 e. The summed E-state index contributed by atoms with van der Waals surface area (Å²) in [7, 11) is 3.45. The third-order valence-electron chi connectivity index (χ3n) is 12.4. The van der Waals surface area contributed by atoms with Gasteiger partial charge in [-0.15, -0.1) is 0 Å². The molecule has 10 rings (SSSR count). The molecule has 9 aromatic rings. The Bertz CT molecular complexity index is 4330. The van der Waals surface area contributed by atoms with Crippen LogP contribution in [0.25, 0.3) is 0 Å². The molecule has 0 saturated carbocycles. The summed E-state index contributed by atoms with van der Waals surface area (Å²) in [5.74, 6) is -4.84. The minimum absolute atomic E-state index is 0.000726. The molecule has 0 aliphatic carbocycles. The summed E-state index contributed by atoms with van der Waals surface area (Å²) < 4.78 is 108. The van der Waals surface area contributed by atoms with Crippen LogP contribution < -0.4 is 25.3 Å². The van der Waals surface area contributed by atoms with E-state index in [1.165, 1.54) is 24.3 Å². The average molecular weight is 1750 g/mol. The van der Waals surface area contributed by atoms with Crippen LogP contribution in [0.1, 0.15) is 44.5 Å². The Kier molecular flexibility index (Phi) is 29.0. The first-order valence-electron chi connectivity index (χ1n) is 26.4. The van der Waals surface area contributed by atoms with Gasteiger partial charge in [0.1, 0.15) is 42.5 Å².